The van der Waals surface area contributed by atoms with Crippen LogP contribution in [0.4, 0.5) is 0 Å². The summed E-state index contributed by atoms with van der Waals surface area (Å²) in [4.78, 5) is 12.5. The molecule has 1 heterocycles. The van der Waals surface area contributed by atoms with Crippen molar-refractivity contribution in [1.82, 2.24) is 5.43 Å². The number of ether oxygens (including phenoxy) is 1. The molecule has 0 fully saturated rings. The largest absolute Gasteiger partial charge is 0.483 e. The van der Waals surface area contributed by atoms with Crippen molar-refractivity contribution in [3.05, 3.63) is 49.6 Å². The normalized spacial score (nSPS) is 10.8. The summed E-state index contributed by atoms with van der Waals surface area (Å²) < 4.78 is 6.42. The van der Waals surface area contributed by atoms with E-state index in [0.29, 0.717) is 10.8 Å². The fourth-order valence-electron chi connectivity index (χ4n) is 1.52. The first-order valence-electron chi connectivity index (χ1n) is 6.01. The first kappa shape index (κ1) is 16.0. The molecule has 0 aliphatic heterocycles. The van der Waals surface area contributed by atoms with Gasteiger partial charge in [-0.05, 0) is 58.7 Å². The molecule has 0 unspecified atom stereocenters. The summed E-state index contributed by atoms with van der Waals surface area (Å²) in [5.41, 5.74) is 3.29. The Hall–Kier alpha value is -1.37. The lowest BCUT2D eigenvalue weighted by Gasteiger charge is -2.08. The maximum absolute atomic E-state index is 11.6. The van der Waals surface area contributed by atoms with E-state index < -0.39 is 0 Å². The number of carbonyl (C=O) groups is 1. The molecule has 2 rings (SSSR count). The van der Waals surface area contributed by atoms with Gasteiger partial charge in [0.1, 0.15) is 5.75 Å². The highest BCUT2D eigenvalue weighted by Gasteiger charge is 2.04. The Kier molecular flexibility index (Phi) is 5.78. The first-order chi connectivity index (χ1) is 10.0. The molecule has 2 aromatic rings. The van der Waals surface area contributed by atoms with Crippen LogP contribution in [0.25, 0.3) is 0 Å². The number of halogens is 2. The van der Waals surface area contributed by atoms with Gasteiger partial charge in [-0.3, -0.25) is 4.79 Å². The van der Waals surface area contributed by atoms with Gasteiger partial charge in [-0.25, -0.2) is 5.43 Å². The number of benzene rings is 1. The monoisotopic (exact) mass is 386 g/mol. The highest BCUT2D eigenvalue weighted by molar-refractivity contribution is 9.11. The number of hydrogen-bond donors (Lipinski definition) is 1. The summed E-state index contributed by atoms with van der Waals surface area (Å²) in [5, 5.41) is 4.50. The predicted octanol–water partition coefficient (Wildman–Crippen LogP) is 4.00. The van der Waals surface area contributed by atoms with Gasteiger partial charge in [0, 0.05) is 9.90 Å². The Balaban J connectivity index is 1.81. The molecule has 1 amide bonds. The van der Waals surface area contributed by atoms with Crippen molar-refractivity contribution in [3.8, 4) is 5.75 Å². The summed E-state index contributed by atoms with van der Waals surface area (Å²) in [6, 6.07) is 9.05. The Morgan fingerprint density at radius 3 is 2.95 bits per heavy atom. The van der Waals surface area contributed by atoms with Gasteiger partial charge < -0.3 is 4.74 Å². The van der Waals surface area contributed by atoms with Crippen molar-refractivity contribution < 1.29 is 9.53 Å². The van der Waals surface area contributed by atoms with E-state index >= 15 is 0 Å². The molecule has 0 aliphatic rings. The van der Waals surface area contributed by atoms with Crippen LogP contribution in [0.15, 0.2) is 39.2 Å². The van der Waals surface area contributed by atoms with Crippen molar-refractivity contribution in [2.45, 2.75) is 6.92 Å². The molecule has 1 aromatic heterocycles. The average Bonchev–Trinajstić information content (AvgIpc) is 2.83. The van der Waals surface area contributed by atoms with Crippen LogP contribution in [0.1, 0.15) is 10.4 Å². The minimum Gasteiger partial charge on any atom is -0.483 e. The fraction of sp³-hybridized carbons (Fsp3) is 0.143. The average molecular weight is 388 g/mol. The second-order valence-corrected chi connectivity index (χ2v) is 7.06. The van der Waals surface area contributed by atoms with E-state index in [2.05, 4.69) is 26.5 Å². The molecule has 0 atom stereocenters. The van der Waals surface area contributed by atoms with Gasteiger partial charge in [0.2, 0.25) is 0 Å². The second-order valence-electron chi connectivity index (χ2n) is 4.13. The molecule has 0 spiro atoms. The molecule has 21 heavy (non-hydrogen) atoms. The second kappa shape index (κ2) is 7.59. The zero-order valence-electron chi connectivity index (χ0n) is 11.1. The molecular weight excluding hydrogens is 376 g/mol. The third-order valence-electron chi connectivity index (χ3n) is 2.47. The van der Waals surface area contributed by atoms with Crippen molar-refractivity contribution in [2.75, 3.05) is 6.61 Å². The molecule has 0 saturated heterocycles. The summed E-state index contributed by atoms with van der Waals surface area (Å²) in [6.07, 6.45) is 1.58. The number of nitrogens with zero attached hydrogens (tertiary/aromatic N) is 1. The van der Waals surface area contributed by atoms with Gasteiger partial charge >= 0.3 is 0 Å². The van der Waals surface area contributed by atoms with E-state index in [1.165, 1.54) is 11.3 Å². The number of aryl methyl sites for hydroxylation is 1. The third kappa shape index (κ3) is 5.15. The molecular formula is C14H12BrClN2O2S. The number of thiophene rings is 1. The summed E-state index contributed by atoms with van der Waals surface area (Å²) in [7, 11) is 0. The molecule has 1 N–H and O–H groups in total. The van der Waals surface area contributed by atoms with E-state index in [1.54, 1.807) is 24.4 Å². The lowest BCUT2D eigenvalue weighted by Crippen LogP contribution is -2.24. The maximum Gasteiger partial charge on any atom is 0.277 e. The van der Waals surface area contributed by atoms with Crippen LogP contribution >= 0.6 is 38.9 Å². The molecule has 0 aliphatic carbocycles. The van der Waals surface area contributed by atoms with Crippen LogP contribution in [0.3, 0.4) is 0 Å². The van der Waals surface area contributed by atoms with Crippen LogP contribution in [-0.2, 0) is 4.79 Å². The summed E-state index contributed by atoms with van der Waals surface area (Å²) in [6.45, 7) is 1.76. The van der Waals surface area contributed by atoms with Crippen molar-refractivity contribution in [1.29, 1.82) is 0 Å². The Labute approximate surface area is 139 Å². The highest BCUT2D eigenvalue weighted by Crippen LogP contribution is 2.21. The Morgan fingerprint density at radius 2 is 2.29 bits per heavy atom. The van der Waals surface area contributed by atoms with E-state index in [1.807, 2.05) is 19.1 Å². The van der Waals surface area contributed by atoms with Gasteiger partial charge in [-0.1, -0.05) is 11.6 Å². The van der Waals surface area contributed by atoms with Crippen LogP contribution in [0.2, 0.25) is 5.02 Å². The maximum atomic E-state index is 11.6. The topological polar surface area (TPSA) is 50.7 Å². The number of hydrogen-bond acceptors (Lipinski definition) is 4. The zero-order valence-corrected chi connectivity index (χ0v) is 14.3. The van der Waals surface area contributed by atoms with Gasteiger partial charge in [0.05, 0.1) is 10.0 Å². The van der Waals surface area contributed by atoms with Crippen LogP contribution in [0.5, 0.6) is 5.75 Å². The molecule has 4 nitrogen and oxygen atoms in total. The molecule has 0 radical (unpaired) electrons. The summed E-state index contributed by atoms with van der Waals surface area (Å²) in [5.74, 6) is 0.303. The molecule has 0 bridgehead atoms. The quantitative estimate of drug-likeness (QED) is 0.623. The molecule has 110 valence electrons. The molecule has 0 saturated carbocycles. The number of carbonyl (C=O) groups excluding carboxylic acids is 1. The Bertz CT molecular complexity index is 673. The first-order valence-corrected chi connectivity index (χ1v) is 7.99. The molecule has 7 heteroatoms. The lowest BCUT2D eigenvalue weighted by atomic mass is 10.2. The van der Waals surface area contributed by atoms with E-state index in [-0.39, 0.29) is 12.5 Å². The zero-order chi connectivity index (χ0) is 15.2. The SMILES string of the molecule is Cc1cc(Cl)ccc1OCC(=O)NN=Cc1ccc(Br)s1. The number of hydrazone groups is 1. The molecule has 1 aromatic carbocycles. The van der Waals surface area contributed by atoms with E-state index in [9.17, 15) is 4.79 Å². The van der Waals surface area contributed by atoms with E-state index in [0.717, 1.165) is 14.2 Å². The predicted molar refractivity (Wildman–Crippen MR) is 89.4 cm³/mol. The van der Waals surface area contributed by atoms with Crippen molar-refractivity contribution in [3.63, 3.8) is 0 Å². The van der Waals surface area contributed by atoms with Gasteiger partial charge in [0.15, 0.2) is 6.61 Å². The summed E-state index contributed by atoms with van der Waals surface area (Å²) >= 11 is 10.7. The van der Waals surface area contributed by atoms with Crippen LogP contribution in [-0.4, -0.2) is 18.7 Å². The lowest BCUT2D eigenvalue weighted by molar-refractivity contribution is -0.123. The van der Waals surface area contributed by atoms with Gasteiger partial charge in [-0.15, -0.1) is 11.3 Å². The number of amides is 1. The number of nitrogens with one attached hydrogen (secondary N) is 1. The third-order valence-corrected chi connectivity index (χ3v) is 4.26. The van der Waals surface area contributed by atoms with Crippen molar-refractivity contribution >= 4 is 51.0 Å². The van der Waals surface area contributed by atoms with Crippen LogP contribution < -0.4 is 10.2 Å². The van der Waals surface area contributed by atoms with Gasteiger partial charge in [0.25, 0.3) is 5.91 Å². The Morgan fingerprint density at radius 1 is 1.48 bits per heavy atom. The fourth-order valence-corrected chi connectivity index (χ4v) is 3.04. The standard InChI is InChI=1S/C14H12BrClN2O2S/c1-9-6-10(16)2-4-12(9)20-8-14(19)18-17-7-11-3-5-13(15)21-11/h2-7H,8H2,1H3,(H,18,19). The smallest absolute Gasteiger partial charge is 0.277 e. The number of rotatable bonds is 5. The van der Waals surface area contributed by atoms with Crippen molar-refractivity contribution in [2.24, 2.45) is 5.10 Å². The van der Waals surface area contributed by atoms with E-state index in [4.69, 9.17) is 16.3 Å². The minimum atomic E-state index is -0.323. The minimum absolute atomic E-state index is 0.103. The van der Waals surface area contributed by atoms with Gasteiger partial charge in [-0.2, -0.15) is 5.10 Å². The van der Waals surface area contributed by atoms with Crippen LogP contribution in [0, 0.1) is 6.92 Å². The highest BCUT2D eigenvalue weighted by atomic mass is 79.9.